The van der Waals surface area contributed by atoms with Gasteiger partial charge in [0.05, 0.1) is 23.0 Å². The van der Waals surface area contributed by atoms with Crippen molar-refractivity contribution in [3.8, 4) is 5.82 Å². The van der Waals surface area contributed by atoms with E-state index < -0.39 is 5.60 Å². The van der Waals surface area contributed by atoms with Gasteiger partial charge in [-0.3, -0.25) is 4.79 Å². The molecule has 0 bridgehead atoms. The van der Waals surface area contributed by atoms with Crippen LogP contribution in [0.2, 0.25) is 0 Å². The first kappa shape index (κ1) is 44.6. The predicted molar refractivity (Wildman–Crippen MR) is 238 cm³/mol. The predicted octanol–water partition coefficient (Wildman–Crippen LogP) is 7.07. The van der Waals surface area contributed by atoms with Crippen LogP contribution in [0.15, 0.2) is 92.2 Å². The number of alkyl carbamates (subject to hydrolysis) is 1. The molecule has 2 N–H and O–H groups in total. The van der Waals surface area contributed by atoms with Crippen molar-refractivity contribution >= 4 is 12.0 Å². The Bertz CT molecular complexity index is 1940. The molecule has 0 aliphatic carbocycles. The van der Waals surface area contributed by atoms with Gasteiger partial charge < -0.3 is 30.1 Å². The van der Waals surface area contributed by atoms with E-state index in [1.807, 2.05) is 69.9 Å². The van der Waals surface area contributed by atoms with E-state index in [0.717, 1.165) is 87.6 Å². The number of fused-ring (bicyclic) bond motifs is 2. The zero-order valence-corrected chi connectivity index (χ0v) is 36.7. The lowest BCUT2D eigenvalue weighted by molar-refractivity contribution is 0.0498. The van der Waals surface area contributed by atoms with Gasteiger partial charge in [-0.05, 0) is 120 Å². The summed E-state index contributed by atoms with van der Waals surface area (Å²) in [4.78, 5) is 32.9. The Balaban J connectivity index is 0.000000200. The molecule has 4 aromatic rings. The van der Waals surface area contributed by atoms with E-state index in [2.05, 4.69) is 98.3 Å². The molecular formula is C48H67N9O3. The second-order valence-corrected chi connectivity index (χ2v) is 18.0. The fourth-order valence-corrected chi connectivity index (χ4v) is 9.41. The minimum absolute atomic E-state index is 0.0189. The molecule has 4 aliphatic heterocycles. The summed E-state index contributed by atoms with van der Waals surface area (Å²) in [5, 5.41) is 19.2. The maximum absolute atomic E-state index is 13.4. The van der Waals surface area contributed by atoms with Crippen LogP contribution in [0.25, 0.3) is 5.82 Å². The monoisotopic (exact) mass is 818 g/mol. The largest absolute Gasteiger partial charge is 0.444 e. The third-order valence-electron chi connectivity index (χ3n) is 12.5. The van der Waals surface area contributed by atoms with Gasteiger partial charge in [-0.15, -0.1) is 18.3 Å². The summed E-state index contributed by atoms with van der Waals surface area (Å²) >= 11 is 0. The fourth-order valence-electron chi connectivity index (χ4n) is 9.41. The van der Waals surface area contributed by atoms with Gasteiger partial charge in [0.15, 0.2) is 5.82 Å². The lowest BCUT2D eigenvalue weighted by Crippen LogP contribution is -2.36. The highest BCUT2D eigenvalue weighted by Gasteiger charge is 2.42. The molecule has 0 saturated carbocycles. The Labute approximate surface area is 357 Å². The van der Waals surface area contributed by atoms with Gasteiger partial charge in [-0.1, -0.05) is 67.6 Å². The summed E-state index contributed by atoms with van der Waals surface area (Å²) in [7, 11) is 0. The van der Waals surface area contributed by atoms with Crippen molar-refractivity contribution in [2.45, 2.75) is 71.9 Å². The van der Waals surface area contributed by atoms with Crippen LogP contribution < -0.4 is 10.6 Å². The number of rotatable bonds is 11. The Morgan fingerprint density at radius 2 is 1.37 bits per heavy atom. The van der Waals surface area contributed by atoms with Crippen molar-refractivity contribution < 1.29 is 14.3 Å². The average molecular weight is 818 g/mol. The Morgan fingerprint density at radius 3 is 1.93 bits per heavy atom. The molecular weight excluding hydrogens is 751 g/mol. The zero-order chi connectivity index (χ0) is 42.8. The molecule has 12 heteroatoms. The van der Waals surface area contributed by atoms with Crippen molar-refractivity contribution in [3.05, 3.63) is 120 Å². The van der Waals surface area contributed by atoms with Crippen LogP contribution in [0.1, 0.15) is 85.4 Å². The second kappa shape index (κ2) is 20.6. The third kappa shape index (κ3) is 11.5. The van der Waals surface area contributed by atoms with Gasteiger partial charge in [-0.25, -0.2) is 9.48 Å². The van der Waals surface area contributed by atoms with E-state index in [1.165, 1.54) is 25.1 Å². The maximum Gasteiger partial charge on any atom is 0.408 e. The third-order valence-corrected chi connectivity index (χ3v) is 12.5. The van der Waals surface area contributed by atoms with Crippen molar-refractivity contribution in [1.29, 1.82) is 0 Å². The van der Waals surface area contributed by atoms with Crippen LogP contribution in [0, 0.1) is 37.5 Å². The van der Waals surface area contributed by atoms with Gasteiger partial charge in [0, 0.05) is 52.0 Å². The zero-order valence-electron chi connectivity index (χ0n) is 36.7. The molecule has 4 aliphatic rings. The number of likely N-dealkylation sites (tertiary alicyclic amines) is 3. The summed E-state index contributed by atoms with van der Waals surface area (Å²) < 4.78 is 7.17. The van der Waals surface area contributed by atoms with Gasteiger partial charge in [-0.2, -0.15) is 10.2 Å². The Hall–Kier alpha value is -4.91. The molecule has 60 heavy (non-hydrogen) atoms. The Morgan fingerprint density at radius 1 is 0.800 bits per heavy atom. The number of carbonyl (C=O) groups excluding carboxylic acids is 2. The molecule has 6 heterocycles. The molecule has 6 atom stereocenters. The van der Waals surface area contributed by atoms with Crippen molar-refractivity contribution in [2.24, 2.45) is 23.7 Å². The molecule has 4 saturated heterocycles. The first-order valence-corrected chi connectivity index (χ1v) is 21.8. The highest BCUT2D eigenvalue weighted by Crippen LogP contribution is 2.34. The van der Waals surface area contributed by atoms with Crippen LogP contribution in [0.5, 0.6) is 0 Å². The number of aromatic nitrogens is 4. The molecule has 4 fully saturated rings. The van der Waals surface area contributed by atoms with Gasteiger partial charge >= 0.3 is 6.09 Å². The number of hydrogen-bond donors (Lipinski definition) is 2. The minimum atomic E-state index is -0.481. The number of benzene rings is 2. The number of carbonyl (C=O) groups is 2. The molecule has 2 aromatic heterocycles. The van der Waals surface area contributed by atoms with Gasteiger partial charge in [0.1, 0.15) is 5.60 Å². The first-order valence-electron chi connectivity index (χ1n) is 21.8. The van der Waals surface area contributed by atoms with Crippen molar-refractivity contribution in [1.82, 2.24) is 45.3 Å². The van der Waals surface area contributed by atoms with E-state index in [9.17, 15) is 9.59 Å². The van der Waals surface area contributed by atoms with Gasteiger partial charge in [0.2, 0.25) is 0 Å². The smallest absolute Gasteiger partial charge is 0.408 e. The number of hydrogen-bond acceptors (Lipinski definition) is 9. The van der Waals surface area contributed by atoms with E-state index in [1.54, 1.807) is 10.9 Å². The van der Waals surface area contributed by atoms with Crippen LogP contribution in [-0.4, -0.2) is 118 Å². The number of ether oxygens (including phenoxy) is 1. The second-order valence-electron chi connectivity index (χ2n) is 18.0. The highest BCUT2D eigenvalue weighted by molar-refractivity contribution is 5.96. The topological polar surface area (TPSA) is 121 Å². The number of nitrogens with one attached hydrogen (secondary N) is 2. The fraction of sp³-hybridized carbons (Fsp3) is 0.521. The van der Waals surface area contributed by atoms with Crippen LogP contribution in [-0.2, 0) is 4.74 Å². The standard InChI is InChI=1S/C26H32N6O.C20H31N3O2.C2H4/c1-18(21-8-5-4-6-9-21)11-13-30-14-22-16-31(17-23(22)15-30)26(33)25-19(2)29-32(20(25)3)24-10-7-12-27-28-24;1-20(2,3)25-19(24)22-18(15-7-5-4-6-8-15)9-10-23-13-16-11-21-12-17(16)14-23;1-2/h4-10,12,18,22-23H,11,13-17H2,1-3H3;4-8,16-18,21H,9-14H2,1-3H3,(H,22,24);1-2H2/t18-,22?,23?;;/m0../s1. The SMILES string of the molecule is C=C.CC(C)(C)OC(=O)NC(CCN1CC2CNCC2C1)c1ccccc1.Cc1nn(-c2cccnn2)c(C)c1C(=O)N1CC2CN(CC[C@H](C)c3ccccc3)CC2C1. The number of aryl methyl sites for hydroxylation is 1. The van der Waals surface area contributed by atoms with E-state index in [-0.39, 0.29) is 18.0 Å². The number of nitrogens with zero attached hydrogens (tertiary/aromatic N) is 7. The van der Waals surface area contributed by atoms with Crippen molar-refractivity contribution in [3.63, 3.8) is 0 Å². The molecule has 322 valence electrons. The normalized spacial score (nSPS) is 22.1. The van der Waals surface area contributed by atoms with Gasteiger partial charge in [0.25, 0.3) is 5.91 Å². The van der Waals surface area contributed by atoms with Crippen LogP contribution >= 0.6 is 0 Å². The lowest BCUT2D eigenvalue weighted by atomic mass is 9.98. The summed E-state index contributed by atoms with van der Waals surface area (Å²) in [5.41, 5.74) is 4.35. The first-order chi connectivity index (χ1) is 28.9. The van der Waals surface area contributed by atoms with E-state index in [0.29, 0.717) is 29.1 Å². The molecule has 2 amide bonds. The maximum atomic E-state index is 13.4. The molecule has 0 radical (unpaired) electrons. The number of amides is 2. The van der Waals surface area contributed by atoms with Crippen LogP contribution in [0.3, 0.4) is 0 Å². The Kier molecular flexibility index (Phi) is 15.3. The van der Waals surface area contributed by atoms with Crippen molar-refractivity contribution in [2.75, 3.05) is 65.4 Å². The summed E-state index contributed by atoms with van der Waals surface area (Å²) in [6.07, 6.45) is 3.36. The quantitative estimate of drug-likeness (QED) is 0.153. The average Bonchev–Trinajstić information content (AvgIpc) is 4.07. The molecule has 8 rings (SSSR count). The van der Waals surface area contributed by atoms with E-state index in [4.69, 9.17) is 4.74 Å². The molecule has 5 unspecified atom stereocenters. The van der Waals surface area contributed by atoms with E-state index >= 15 is 0 Å². The highest BCUT2D eigenvalue weighted by atomic mass is 16.6. The summed E-state index contributed by atoms with van der Waals surface area (Å²) in [6.45, 7) is 28.5. The molecule has 2 aromatic carbocycles. The molecule has 0 spiro atoms. The summed E-state index contributed by atoms with van der Waals surface area (Å²) in [5.74, 6) is 4.03. The minimum Gasteiger partial charge on any atom is -0.444 e. The van der Waals surface area contributed by atoms with Crippen LogP contribution in [0.4, 0.5) is 4.79 Å². The lowest BCUT2D eigenvalue weighted by Gasteiger charge is -2.26. The molecule has 12 nitrogen and oxygen atoms in total. The summed E-state index contributed by atoms with van der Waals surface area (Å²) in [6, 6.07) is 24.6.